The van der Waals surface area contributed by atoms with E-state index in [1.54, 1.807) is 0 Å². The molecule has 0 spiro atoms. The molecular formula is C14H20O10. The van der Waals surface area contributed by atoms with Crippen LogP contribution < -0.4 is 0 Å². The van der Waals surface area contributed by atoms with Gasteiger partial charge in [0.15, 0.2) is 24.6 Å². The fraction of sp³-hybridized carbons (Fsp3) is 0.714. The van der Waals surface area contributed by atoms with Gasteiger partial charge in [-0.1, -0.05) is 0 Å². The summed E-state index contributed by atoms with van der Waals surface area (Å²) >= 11 is 0. The first-order valence-electron chi connectivity index (χ1n) is 7.10. The molecule has 1 heterocycles. The van der Waals surface area contributed by atoms with Gasteiger partial charge >= 0.3 is 23.9 Å². The van der Waals surface area contributed by atoms with Gasteiger partial charge in [-0.05, 0) is 0 Å². The highest BCUT2D eigenvalue weighted by Gasteiger charge is 2.51. The summed E-state index contributed by atoms with van der Waals surface area (Å²) in [6, 6.07) is 0. The summed E-state index contributed by atoms with van der Waals surface area (Å²) in [5.41, 5.74) is 0. The molecule has 0 aromatic heterocycles. The van der Waals surface area contributed by atoms with Crippen LogP contribution in [0.1, 0.15) is 27.7 Å². The van der Waals surface area contributed by atoms with Crippen molar-refractivity contribution in [1.29, 1.82) is 0 Å². The molecule has 5 atom stereocenters. The number of carbonyl (C=O) groups excluding carboxylic acids is 4. The average Bonchev–Trinajstić information content (AvgIpc) is 2.42. The first-order valence-corrected chi connectivity index (χ1v) is 7.10. The van der Waals surface area contributed by atoms with E-state index in [0.717, 1.165) is 27.7 Å². The molecule has 1 aliphatic rings. The summed E-state index contributed by atoms with van der Waals surface area (Å²) in [6.07, 6.45) is -6.79. The maximum atomic E-state index is 11.3. The second kappa shape index (κ2) is 8.60. The van der Waals surface area contributed by atoms with Crippen LogP contribution in [0.15, 0.2) is 0 Å². The third kappa shape index (κ3) is 5.78. The predicted molar refractivity (Wildman–Crippen MR) is 74.2 cm³/mol. The Labute approximate surface area is 137 Å². The van der Waals surface area contributed by atoms with Crippen molar-refractivity contribution in [2.24, 2.45) is 0 Å². The fourth-order valence-corrected chi connectivity index (χ4v) is 2.21. The van der Waals surface area contributed by atoms with Crippen molar-refractivity contribution in [2.45, 2.75) is 58.4 Å². The number of hydrogen-bond acceptors (Lipinski definition) is 10. The highest BCUT2D eigenvalue weighted by molar-refractivity contribution is 5.68. The van der Waals surface area contributed by atoms with Crippen molar-refractivity contribution in [2.75, 3.05) is 6.61 Å². The largest absolute Gasteiger partial charge is 0.463 e. The third-order valence-electron chi connectivity index (χ3n) is 2.97. The standard InChI is InChI=1S/C14H20O10/c1-6(15)20-5-10-11(21-7(2)16)12(22-8(3)17)13(14(19)24-10)23-9(4)18/h10-14,19H,5H2,1-4H3/t10?,11-,12+,13+,14+/m1/s1. The smallest absolute Gasteiger partial charge is 0.303 e. The molecule has 1 unspecified atom stereocenters. The minimum absolute atomic E-state index is 0.366. The Bertz CT molecular complexity index is 502. The van der Waals surface area contributed by atoms with Gasteiger partial charge in [0, 0.05) is 27.7 Å². The van der Waals surface area contributed by atoms with Crippen LogP contribution in [0.25, 0.3) is 0 Å². The minimum Gasteiger partial charge on any atom is -0.463 e. The Hall–Kier alpha value is -2.20. The van der Waals surface area contributed by atoms with Crippen LogP contribution in [0, 0.1) is 0 Å². The number of rotatable bonds is 5. The lowest BCUT2D eigenvalue weighted by Crippen LogP contribution is -2.62. The van der Waals surface area contributed by atoms with E-state index in [-0.39, 0.29) is 6.61 Å². The van der Waals surface area contributed by atoms with E-state index < -0.39 is 54.6 Å². The normalized spacial score (nSPS) is 29.3. The molecule has 10 heteroatoms. The van der Waals surface area contributed by atoms with Crippen molar-refractivity contribution < 1.29 is 48.0 Å². The van der Waals surface area contributed by atoms with E-state index in [4.69, 9.17) is 23.7 Å². The molecule has 0 aliphatic carbocycles. The van der Waals surface area contributed by atoms with Crippen molar-refractivity contribution >= 4 is 23.9 Å². The van der Waals surface area contributed by atoms with E-state index in [2.05, 4.69) is 0 Å². The van der Waals surface area contributed by atoms with E-state index in [9.17, 15) is 24.3 Å². The highest BCUT2D eigenvalue weighted by Crippen LogP contribution is 2.28. The summed E-state index contributed by atoms with van der Waals surface area (Å²) < 4.78 is 25.0. The van der Waals surface area contributed by atoms with Gasteiger partial charge in [-0.2, -0.15) is 0 Å². The first kappa shape index (κ1) is 19.8. The maximum Gasteiger partial charge on any atom is 0.303 e. The molecule has 1 rings (SSSR count). The number of aliphatic hydroxyl groups excluding tert-OH is 1. The summed E-state index contributed by atoms with van der Waals surface area (Å²) in [5.74, 6) is -2.87. The van der Waals surface area contributed by atoms with E-state index >= 15 is 0 Å². The molecule has 136 valence electrons. The van der Waals surface area contributed by atoms with Crippen molar-refractivity contribution in [3.8, 4) is 0 Å². The summed E-state index contributed by atoms with van der Waals surface area (Å²) in [4.78, 5) is 44.9. The number of esters is 4. The predicted octanol–water partition coefficient (Wildman–Crippen LogP) is -0.938. The molecule has 0 bridgehead atoms. The van der Waals surface area contributed by atoms with Crippen LogP contribution in [0.3, 0.4) is 0 Å². The molecule has 0 aromatic carbocycles. The van der Waals surface area contributed by atoms with Gasteiger partial charge in [0.25, 0.3) is 0 Å². The van der Waals surface area contributed by atoms with Gasteiger partial charge in [0.1, 0.15) is 12.7 Å². The summed E-state index contributed by atoms with van der Waals surface area (Å²) in [7, 11) is 0. The van der Waals surface area contributed by atoms with Crippen molar-refractivity contribution in [3.05, 3.63) is 0 Å². The Kier molecular flexibility index (Phi) is 7.11. The van der Waals surface area contributed by atoms with E-state index in [1.165, 1.54) is 0 Å². The number of aliphatic hydroxyl groups is 1. The van der Waals surface area contributed by atoms with Crippen LogP contribution in [-0.2, 0) is 42.9 Å². The first-order chi connectivity index (χ1) is 11.1. The van der Waals surface area contributed by atoms with Gasteiger partial charge in [-0.25, -0.2) is 0 Å². The van der Waals surface area contributed by atoms with Crippen molar-refractivity contribution in [1.82, 2.24) is 0 Å². The van der Waals surface area contributed by atoms with Gasteiger partial charge < -0.3 is 28.8 Å². The molecule has 0 amide bonds. The van der Waals surface area contributed by atoms with Crippen LogP contribution >= 0.6 is 0 Å². The lowest BCUT2D eigenvalue weighted by Gasteiger charge is -2.42. The molecule has 24 heavy (non-hydrogen) atoms. The third-order valence-corrected chi connectivity index (χ3v) is 2.97. The quantitative estimate of drug-likeness (QED) is 0.490. The Morgan fingerprint density at radius 2 is 1.25 bits per heavy atom. The Morgan fingerprint density at radius 1 is 0.792 bits per heavy atom. The molecule has 0 saturated carbocycles. The maximum absolute atomic E-state index is 11.3. The van der Waals surface area contributed by atoms with E-state index in [0.29, 0.717) is 0 Å². The van der Waals surface area contributed by atoms with Gasteiger partial charge in [-0.15, -0.1) is 0 Å². The summed E-state index contributed by atoms with van der Waals surface area (Å²) in [5, 5.41) is 10.0. The number of ether oxygens (including phenoxy) is 5. The monoisotopic (exact) mass is 348 g/mol. The van der Waals surface area contributed by atoms with Crippen molar-refractivity contribution in [3.63, 3.8) is 0 Å². The topological polar surface area (TPSA) is 135 Å². The lowest BCUT2D eigenvalue weighted by atomic mass is 9.98. The zero-order valence-electron chi connectivity index (χ0n) is 13.7. The number of carbonyl (C=O) groups is 4. The van der Waals surface area contributed by atoms with Gasteiger partial charge in [0.2, 0.25) is 0 Å². The van der Waals surface area contributed by atoms with Crippen LogP contribution in [-0.4, -0.2) is 66.3 Å². The molecule has 1 N–H and O–H groups in total. The second-order valence-electron chi connectivity index (χ2n) is 5.09. The SMILES string of the molecule is CC(=O)OCC1O[C@H](O)[C@@H](OC(C)=O)[C@@H](OC(C)=O)[C@@H]1OC(C)=O. The zero-order chi connectivity index (χ0) is 18.4. The minimum atomic E-state index is -1.68. The molecule has 1 fully saturated rings. The Balaban J connectivity index is 3.11. The fourth-order valence-electron chi connectivity index (χ4n) is 2.21. The van der Waals surface area contributed by atoms with Crippen LogP contribution in [0.2, 0.25) is 0 Å². The Morgan fingerprint density at radius 3 is 1.71 bits per heavy atom. The molecular weight excluding hydrogens is 328 g/mol. The lowest BCUT2D eigenvalue weighted by molar-refractivity contribution is -0.296. The second-order valence-corrected chi connectivity index (χ2v) is 5.09. The highest BCUT2D eigenvalue weighted by atomic mass is 16.7. The summed E-state index contributed by atoms with van der Waals surface area (Å²) in [6.45, 7) is 4.09. The van der Waals surface area contributed by atoms with E-state index in [1.807, 2.05) is 0 Å². The molecule has 0 radical (unpaired) electrons. The molecule has 1 saturated heterocycles. The number of hydrogen-bond donors (Lipinski definition) is 1. The molecule has 1 aliphatic heterocycles. The van der Waals surface area contributed by atoms with Crippen LogP contribution in [0.5, 0.6) is 0 Å². The molecule has 0 aromatic rings. The van der Waals surface area contributed by atoms with Gasteiger partial charge in [0.05, 0.1) is 0 Å². The molecule has 10 nitrogen and oxygen atoms in total. The zero-order valence-corrected chi connectivity index (χ0v) is 13.7. The van der Waals surface area contributed by atoms with Gasteiger partial charge in [-0.3, -0.25) is 19.2 Å². The average molecular weight is 348 g/mol. The van der Waals surface area contributed by atoms with Crippen LogP contribution in [0.4, 0.5) is 0 Å².